The predicted molar refractivity (Wildman–Crippen MR) is 135 cm³/mol. The van der Waals surface area contributed by atoms with Gasteiger partial charge in [0, 0.05) is 11.4 Å². The second-order valence-electron chi connectivity index (χ2n) is 8.93. The Hall–Kier alpha value is -3.33. The summed E-state index contributed by atoms with van der Waals surface area (Å²) in [6, 6.07) is 14.5. The molecule has 8 nitrogen and oxygen atoms in total. The predicted octanol–water partition coefficient (Wildman–Crippen LogP) is 4.68. The Labute approximate surface area is 208 Å². The van der Waals surface area contributed by atoms with Crippen LogP contribution >= 0.6 is 11.8 Å². The summed E-state index contributed by atoms with van der Waals surface area (Å²) in [6.45, 7) is 9.71. The normalized spacial score (nSPS) is 12.4. The van der Waals surface area contributed by atoms with Crippen LogP contribution in [-0.4, -0.2) is 36.1 Å². The van der Waals surface area contributed by atoms with Gasteiger partial charge in [-0.05, 0) is 63.9 Å². The number of hydrogen-bond acceptors (Lipinski definition) is 6. The highest BCUT2D eigenvalue weighted by atomic mass is 32.2. The zero-order valence-corrected chi connectivity index (χ0v) is 21.5. The molecule has 2 aromatic carbocycles. The second kappa shape index (κ2) is 10.9. The standard InChI is InChI=1S/C26H31N3O5S/c1-6-15-28-22(27-29(25(28)33)16-19-9-7-17(2)8-10-19)18(3)34-23(30)20-11-13-21(14-12-20)35-26(4,5)24(31)32/h7-14,18H,6,15-16H2,1-5H3,(H,31,32)/t18-/m1/s1. The van der Waals surface area contributed by atoms with Crippen molar-refractivity contribution in [3.8, 4) is 0 Å². The number of carbonyl (C=O) groups is 2. The van der Waals surface area contributed by atoms with Gasteiger partial charge in [0.05, 0.1) is 12.1 Å². The summed E-state index contributed by atoms with van der Waals surface area (Å²) in [7, 11) is 0. The topological polar surface area (TPSA) is 103 Å². The molecule has 0 aliphatic heterocycles. The lowest BCUT2D eigenvalue weighted by atomic mass is 10.1. The highest BCUT2D eigenvalue weighted by molar-refractivity contribution is 8.01. The monoisotopic (exact) mass is 497 g/mol. The molecular formula is C26H31N3O5S. The number of benzene rings is 2. The Balaban J connectivity index is 1.76. The second-order valence-corrected chi connectivity index (χ2v) is 10.6. The van der Waals surface area contributed by atoms with Crippen molar-refractivity contribution < 1.29 is 19.4 Å². The van der Waals surface area contributed by atoms with Crippen LogP contribution in [0.15, 0.2) is 58.2 Å². The van der Waals surface area contributed by atoms with Crippen molar-refractivity contribution in [1.29, 1.82) is 0 Å². The number of nitrogens with zero attached hydrogens (tertiary/aromatic N) is 3. The maximum absolute atomic E-state index is 13.0. The van der Waals surface area contributed by atoms with E-state index in [1.54, 1.807) is 49.6 Å². The Morgan fingerprint density at radius 2 is 1.74 bits per heavy atom. The van der Waals surface area contributed by atoms with E-state index in [-0.39, 0.29) is 5.69 Å². The third-order valence-electron chi connectivity index (χ3n) is 5.48. The zero-order valence-electron chi connectivity index (χ0n) is 20.6. The van der Waals surface area contributed by atoms with Crippen LogP contribution in [-0.2, 0) is 22.6 Å². The molecule has 0 bridgehead atoms. The van der Waals surface area contributed by atoms with Gasteiger partial charge in [0.2, 0.25) is 0 Å². The molecule has 9 heteroatoms. The minimum Gasteiger partial charge on any atom is -0.480 e. The molecule has 0 aliphatic rings. The molecule has 0 unspecified atom stereocenters. The quantitative estimate of drug-likeness (QED) is 0.320. The number of thioether (sulfide) groups is 1. The fourth-order valence-corrected chi connectivity index (χ4v) is 4.39. The number of aryl methyl sites for hydroxylation is 1. The Bertz CT molecular complexity index is 1240. The lowest BCUT2D eigenvalue weighted by Gasteiger charge is -2.18. The molecule has 1 aromatic heterocycles. The third kappa shape index (κ3) is 6.42. The SMILES string of the molecule is CCCn1c([C@@H](C)OC(=O)c2ccc(SC(C)(C)C(=O)O)cc2)nn(Cc2ccc(C)cc2)c1=O. The van der Waals surface area contributed by atoms with E-state index in [0.29, 0.717) is 24.5 Å². The molecule has 186 valence electrons. The smallest absolute Gasteiger partial charge is 0.346 e. The summed E-state index contributed by atoms with van der Waals surface area (Å²) in [6.07, 6.45) is -0.00341. The molecule has 0 amide bonds. The number of carboxylic acid groups (broad SMARTS) is 1. The van der Waals surface area contributed by atoms with Crippen molar-refractivity contribution in [1.82, 2.24) is 14.3 Å². The van der Waals surface area contributed by atoms with Crippen LogP contribution in [0.5, 0.6) is 0 Å². The van der Waals surface area contributed by atoms with Crippen LogP contribution < -0.4 is 5.69 Å². The first-order valence-corrected chi connectivity index (χ1v) is 12.3. The molecule has 0 fully saturated rings. The molecule has 1 heterocycles. The van der Waals surface area contributed by atoms with Gasteiger partial charge in [0.1, 0.15) is 4.75 Å². The third-order valence-corrected chi connectivity index (χ3v) is 6.67. The minimum absolute atomic E-state index is 0.243. The molecule has 3 rings (SSSR count). The summed E-state index contributed by atoms with van der Waals surface area (Å²) in [4.78, 5) is 37.8. The fraction of sp³-hybridized carbons (Fsp3) is 0.385. The molecule has 0 spiro atoms. The van der Waals surface area contributed by atoms with E-state index in [0.717, 1.165) is 22.4 Å². The van der Waals surface area contributed by atoms with E-state index in [1.807, 2.05) is 38.1 Å². The number of ether oxygens (including phenoxy) is 1. The average molecular weight is 498 g/mol. The molecule has 1 N–H and O–H groups in total. The first-order chi connectivity index (χ1) is 16.5. The molecule has 1 atom stereocenters. The summed E-state index contributed by atoms with van der Waals surface area (Å²) in [5.74, 6) is -1.07. The Morgan fingerprint density at radius 1 is 1.11 bits per heavy atom. The van der Waals surface area contributed by atoms with Gasteiger partial charge >= 0.3 is 17.6 Å². The van der Waals surface area contributed by atoms with Crippen LogP contribution in [0.1, 0.15) is 67.5 Å². The van der Waals surface area contributed by atoms with Crippen molar-refractivity contribution in [2.75, 3.05) is 0 Å². The van der Waals surface area contributed by atoms with E-state index in [1.165, 1.54) is 16.4 Å². The van der Waals surface area contributed by atoms with Crippen molar-refractivity contribution in [3.63, 3.8) is 0 Å². The van der Waals surface area contributed by atoms with Gasteiger partial charge in [-0.1, -0.05) is 36.8 Å². The van der Waals surface area contributed by atoms with Crippen LogP contribution in [0.3, 0.4) is 0 Å². The van der Waals surface area contributed by atoms with Crippen molar-refractivity contribution >= 4 is 23.7 Å². The maximum Gasteiger partial charge on any atom is 0.346 e. The largest absolute Gasteiger partial charge is 0.480 e. The van der Waals surface area contributed by atoms with Crippen LogP contribution in [0.2, 0.25) is 0 Å². The summed E-state index contributed by atoms with van der Waals surface area (Å²) >= 11 is 1.20. The van der Waals surface area contributed by atoms with E-state index in [9.17, 15) is 19.5 Å². The van der Waals surface area contributed by atoms with Crippen molar-refractivity contribution in [3.05, 3.63) is 81.5 Å². The Kier molecular flexibility index (Phi) is 8.22. The highest BCUT2D eigenvalue weighted by Crippen LogP contribution is 2.32. The average Bonchev–Trinajstić information content (AvgIpc) is 3.11. The van der Waals surface area contributed by atoms with E-state index < -0.39 is 22.8 Å². The van der Waals surface area contributed by atoms with Gasteiger partial charge in [-0.3, -0.25) is 9.36 Å². The van der Waals surface area contributed by atoms with Crippen LogP contribution in [0, 0.1) is 6.92 Å². The van der Waals surface area contributed by atoms with Crippen molar-refractivity contribution in [2.45, 2.75) is 69.9 Å². The van der Waals surface area contributed by atoms with Gasteiger partial charge in [-0.2, -0.15) is 5.10 Å². The van der Waals surface area contributed by atoms with Gasteiger partial charge in [0.15, 0.2) is 11.9 Å². The van der Waals surface area contributed by atoms with Crippen molar-refractivity contribution in [2.24, 2.45) is 0 Å². The number of aliphatic carboxylic acids is 1. The number of aromatic nitrogens is 3. The molecule has 3 aromatic rings. The van der Waals surface area contributed by atoms with Gasteiger partial charge in [-0.25, -0.2) is 14.3 Å². The Morgan fingerprint density at radius 3 is 2.31 bits per heavy atom. The zero-order chi connectivity index (χ0) is 25.8. The lowest BCUT2D eigenvalue weighted by Crippen LogP contribution is -2.26. The lowest BCUT2D eigenvalue weighted by molar-refractivity contribution is -0.138. The van der Waals surface area contributed by atoms with Gasteiger partial charge in [-0.15, -0.1) is 11.8 Å². The summed E-state index contributed by atoms with van der Waals surface area (Å²) in [5.41, 5.74) is 2.18. The minimum atomic E-state index is -0.989. The molecular weight excluding hydrogens is 466 g/mol. The maximum atomic E-state index is 13.0. The number of esters is 1. The number of rotatable bonds is 10. The van der Waals surface area contributed by atoms with E-state index in [4.69, 9.17) is 4.74 Å². The first-order valence-electron chi connectivity index (χ1n) is 11.5. The molecule has 0 aliphatic carbocycles. The molecule has 35 heavy (non-hydrogen) atoms. The number of carbonyl (C=O) groups excluding carboxylic acids is 1. The van der Waals surface area contributed by atoms with Gasteiger partial charge < -0.3 is 9.84 Å². The summed E-state index contributed by atoms with van der Waals surface area (Å²) < 4.78 is 7.61. The molecule has 0 saturated heterocycles. The first kappa shape index (κ1) is 26.3. The van der Waals surface area contributed by atoms with Crippen LogP contribution in [0.25, 0.3) is 0 Å². The van der Waals surface area contributed by atoms with E-state index >= 15 is 0 Å². The van der Waals surface area contributed by atoms with Gasteiger partial charge in [0.25, 0.3) is 0 Å². The molecule has 0 radical (unpaired) electrons. The van der Waals surface area contributed by atoms with E-state index in [2.05, 4.69) is 5.10 Å². The highest BCUT2D eigenvalue weighted by Gasteiger charge is 2.28. The molecule has 0 saturated carbocycles. The fourth-order valence-electron chi connectivity index (χ4n) is 3.44. The number of carboxylic acids is 1. The van der Waals surface area contributed by atoms with Crippen LogP contribution in [0.4, 0.5) is 0 Å². The summed E-state index contributed by atoms with van der Waals surface area (Å²) in [5, 5.41) is 13.8. The number of hydrogen-bond donors (Lipinski definition) is 1.